The minimum Gasteiger partial charge on any atom is -0.300 e. The fraction of sp³-hybridized carbons (Fsp3) is 0.167. The van der Waals surface area contributed by atoms with Crippen molar-refractivity contribution in [2.24, 2.45) is 0 Å². The highest BCUT2D eigenvalue weighted by molar-refractivity contribution is 7.22. The molecule has 27 heavy (non-hydrogen) atoms. The second-order valence-corrected chi connectivity index (χ2v) is 7.06. The van der Waals surface area contributed by atoms with Crippen molar-refractivity contribution >= 4 is 32.6 Å². The van der Waals surface area contributed by atoms with Gasteiger partial charge in [0.2, 0.25) is 0 Å². The summed E-state index contributed by atoms with van der Waals surface area (Å²) in [5.74, 6) is 0.0915. The van der Waals surface area contributed by atoms with Crippen molar-refractivity contribution in [2.45, 2.75) is 19.9 Å². The molecule has 0 saturated heterocycles. The smallest absolute Gasteiger partial charge is 0.267 e. The van der Waals surface area contributed by atoms with Crippen molar-refractivity contribution in [3.05, 3.63) is 64.7 Å². The Kier molecular flexibility index (Phi) is 4.28. The SMILES string of the molecule is Cc1cccc2sc(NC(=O)C(C)n3nc(-n4cccn4)ccc3=O)nc12. The number of nitrogens with zero attached hydrogens (tertiary/aromatic N) is 5. The quantitative estimate of drug-likeness (QED) is 0.587. The Morgan fingerprint density at radius 2 is 2.07 bits per heavy atom. The number of carbonyl (C=O) groups is 1. The van der Waals surface area contributed by atoms with Crippen LogP contribution in [0.1, 0.15) is 18.5 Å². The molecule has 4 aromatic rings. The van der Waals surface area contributed by atoms with Gasteiger partial charge in [-0.3, -0.25) is 9.59 Å². The van der Waals surface area contributed by atoms with E-state index in [1.54, 1.807) is 31.5 Å². The van der Waals surface area contributed by atoms with E-state index in [4.69, 9.17) is 0 Å². The third-order valence-electron chi connectivity index (χ3n) is 4.15. The van der Waals surface area contributed by atoms with Crippen LogP contribution in [0.5, 0.6) is 0 Å². The van der Waals surface area contributed by atoms with Gasteiger partial charge in [-0.2, -0.15) is 5.10 Å². The zero-order valence-electron chi connectivity index (χ0n) is 14.7. The molecule has 3 aromatic heterocycles. The van der Waals surface area contributed by atoms with Crippen LogP contribution in [0.25, 0.3) is 16.0 Å². The molecule has 0 aliphatic heterocycles. The van der Waals surface area contributed by atoms with Gasteiger partial charge in [-0.1, -0.05) is 23.5 Å². The first-order valence-electron chi connectivity index (χ1n) is 8.30. The van der Waals surface area contributed by atoms with E-state index in [0.29, 0.717) is 10.9 Å². The minimum absolute atomic E-state index is 0.362. The Labute approximate surface area is 158 Å². The number of anilines is 1. The van der Waals surface area contributed by atoms with E-state index in [-0.39, 0.29) is 11.5 Å². The van der Waals surface area contributed by atoms with Gasteiger partial charge in [0, 0.05) is 18.5 Å². The molecule has 0 fully saturated rings. The molecule has 9 heteroatoms. The van der Waals surface area contributed by atoms with Gasteiger partial charge >= 0.3 is 0 Å². The lowest BCUT2D eigenvalue weighted by Gasteiger charge is -2.13. The molecule has 0 radical (unpaired) electrons. The number of para-hydroxylation sites is 1. The summed E-state index contributed by atoms with van der Waals surface area (Å²) in [6.45, 7) is 3.59. The molecule has 1 atom stereocenters. The van der Waals surface area contributed by atoms with E-state index in [2.05, 4.69) is 20.5 Å². The highest BCUT2D eigenvalue weighted by Crippen LogP contribution is 2.28. The van der Waals surface area contributed by atoms with Crippen molar-refractivity contribution in [3.8, 4) is 5.82 Å². The van der Waals surface area contributed by atoms with Crippen LogP contribution in [-0.2, 0) is 4.79 Å². The van der Waals surface area contributed by atoms with Crippen molar-refractivity contribution < 1.29 is 4.79 Å². The van der Waals surface area contributed by atoms with Gasteiger partial charge < -0.3 is 5.32 Å². The van der Waals surface area contributed by atoms with E-state index in [9.17, 15) is 9.59 Å². The predicted octanol–water partition coefficient (Wildman–Crippen LogP) is 2.55. The number of aromatic nitrogens is 5. The van der Waals surface area contributed by atoms with E-state index < -0.39 is 6.04 Å². The van der Waals surface area contributed by atoms with Crippen molar-refractivity contribution in [1.29, 1.82) is 0 Å². The molecule has 0 bridgehead atoms. The number of hydrogen-bond donors (Lipinski definition) is 1. The standard InChI is InChI=1S/C18H16N6O2S/c1-11-5-3-6-13-16(11)20-18(27-13)21-17(26)12(2)24-15(25)8-7-14(22-24)23-10-4-9-19-23/h3-10,12H,1-2H3,(H,20,21,26). The Morgan fingerprint density at radius 1 is 1.22 bits per heavy atom. The van der Waals surface area contributed by atoms with E-state index in [0.717, 1.165) is 20.5 Å². The maximum atomic E-state index is 12.7. The maximum absolute atomic E-state index is 12.7. The van der Waals surface area contributed by atoms with Crippen LogP contribution in [0.3, 0.4) is 0 Å². The zero-order chi connectivity index (χ0) is 19.0. The first-order valence-corrected chi connectivity index (χ1v) is 9.11. The van der Waals surface area contributed by atoms with Gasteiger partial charge in [-0.25, -0.2) is 14.3 Å². The summed E-state index contributed by atoms with van der Waals surface area (Å²) in [5.41, 5.74) is 1.54. The van der Waals surface area contributed by atoms with Crippen LogP contribution in [0.4, 0.5) is 5.13 Å². The molecule has 3 heterocycles. The zero-order valence-corrected chi connectivity index (χ0v) is 15.5. The molecule has 136 valence electrons. The summed E-state index contributed by atoms with van der Waals surface area (Å²) in [6, 6.07) is 9.76. The van der Waals surface area contributed by atoms with Gasteiger partial charge in [-0.05, 0) is 37.6 Å². The Morgan fingerprint density at radius 3 is 2.81 bits per heavy atom. The molecule has 0 aliphatic rings. The molecular weight excluding hydrogens is 364 g/mol. The van der Waals surface area contributed by atoms with Gasteiger partial charge in [0.15, 0.2) is 10.9 Å². The number of nitrogens with one attached hydrogen (secondary N) is 1. The number of thiazole rings is 1. The molecule has 4 rings (SSSR count). The number of rotatable bonds is 4. The number of aryl methyl sites for hydroxylation is 1. The number of carbonyl (C=O) groups excluding carboxylic acids is 1. The first-order chi connectivity index (χ1) is 13.0. The van der Waals surface area contributed by atoms with Crippen molar-refractivity contribution in [2.75, 3.05) is 5.32 Å². The largest absolute Gasteiger partial charge is 0.300 e. The van der Waals surface area contributed by atoms with Crippen LogP contribution in [0.2, 0.25) is 0 Å². The second-order valence-electron chi connectivity index (χ2n) is 6.03. The summed E-state index contributed by atoms with van der Waals surface area (Å²) < 4.78 is 3.66. The summed E-state index contributed by atoms with van der Waals surface area (Å²) in [6.07, 6.45) is 3.33. The maximum Gasteiger partial charge on any atom is 0.267 e. The fourth-order valence-corrected chi connectivity index (χ4v) is 3.63. The molecule has 8 nitrogen and oxygen atoms in total. The van der Waals surface area contributed by atoms with Crippen LogP contribution >= 0.6 is 11.3 Å². The Bertz CT molecular complexity index is 1180. The molecule has 0 aliphatic carbocycles. The molecule has 1 aromatic carbocycles. The normalized spacial score (nSPS) is 12.2. The third kappa shape index (κ3) is 3.24. The van der Waals surface area contributed by atoms with Gasteiger partial charge in [-0.15, -0.1) is 5.10 Å². The Hall–Kier alpha value is -3.33. The number of benzene rings is 1. The van der Waals surface area contributed by atoms with Gasteiger partial charge in [0.05, 0.1) is 10.2 Å². The lowest BCUT2D eigenvalue weighted by molar-refractivity contribution is -0.119. The summed E-state index contributed by atoms with van der Waals surface area (Å²) in [7, 11) is 0. The van der Waals surface area contributed by atoms with Gasteiger partial charge in [0.25, 0.3) is 11.5 Å². The molecule has 0 saturated carbocycles. The lowest BCUT2D eigenvalue weighted by atomic mass is 10.2. The topological polar surface area (TPSA) is 94.7 Å². The lowest BCUT2D eigenvalue weighted by Crippen LogP contribution is -2.33. The molecule has 1 N–H and O–H groups in total. The molecule has 1 amide bonds. The number of hydrogen-bond acceptors (Lipinski definition) is 6. The average molecular weight is 380 g/mol. The predicted molar refractivity (Wildman–Crippen MR) is 103 cm³/mol. The highest BCUT2D eigenvalue weighted by atomic mass is 32.1. The van der Waals surface area contributed by atoms with Crippen LogP contribution in [-0.4, -0.2) is 30.5 Å². The Balaban J connectivity index is 1.61. The summed E-state index contributed by atoms with van der Waals surface area (Å²) in [5, 5.41) is 11.6. The third-order valence-corrected chi connectivity index (χ3v) is 5.08. The summed E-state index contributed by atoms with van der Waals surface area (Å²) in [4.78, 5) is 29.3. The minimum atomic E-state index is -0.805. The van der Waals surface area contributed by atoms with Gasteiger partial charge in [0.1, 0.15) is 6.04 Å². The van der Waals surface area contributed by atoms with Crippen LogP contribution in [0.15, 0.2) is 53.6 Å². The highest BCUT2D eigenvalue weighted by Gasteiger charge is 2.20. The summed E-state index contributed by atoms with van der Waals surface area (Å²) >= 11 is 1.39. The molecule has 0 spiro atoms. The van der Waals surface area contributed by atoms with Crippen molar-refractivity contribution in [1.82, 2.24) is 24.5 Å². The van der Waals surface area contributed by atoms with Crippen LogP contribution in [0, 0.1) is 6.92 Å². The fourth-order valence-electron chi connectivity index (χ4n) is 2.68. The second kappa shape index (κ2) is 6.76. The number of amides is 1. The van der Waals surface area contributed by atoms with E-state index in [1.807, 2.05) is 25.1 Å². The first kappa shape index (κ1) is 17.1. The van der Waals surface area contributed by atoms with Crippen LogP contribution < -0.4 is 10.9 Å². The van der Waals surface area contributed by atoms with E-state index in [1.165, 1.54) is 22.1 Å². The van der Waals surface area contributed by atoms with E-state index >= 15 is 0 Å². The monoisotopic (exact) mass is 380 g/mol. The number of fused-ring (bicyclic) bond motifs is 1. The molecular formula is C18H16N6O2S. The molecule has 1 unspecified atom stereocenters. The average Bonchev–Trinajstić information content (AvgIpc) is 3.32. The van der Waals surface area contributed by atoms with Crippen molar-refractivity contribution in [3.63, 3.8) is 0 Å².